The summed E-state index contributed by atoms with van der Waals surface area (Å²) in [4.78, 5) is 37.7. The molecule has 128 valence electrons. The van der Waals surface area contributed by atoms with Crippen molar-refractivity contribution in [1.82, 2.24) is 10.2 Å². The molecule has 2 amide bonds. The van der Waals surface area contributed by atoms with Gasteiger partial charge >= 0.3 is 5.97 Å². The van der Waals surface area contributed by atoms with E-state index < -0.39 is 18.1 Å². The number of nitrogens with one attached hydrogen (secondary N) is 1. The Bertz CT molecular complexity index is 704. The smallest absolute Gasteiger partial charge is 0.334 e. The monoisotopic (exact) mass is 367 g/mol. The molecule has 1 aromatic heterocycles. The van der Waals surface area contributed by atoms with Crippen LogP contribution in [0.15, 0.2) is 29.3 Å². The van der Waals surface area contributed by atoms with Gasteiger partial charge in [-0.05, 0) is 18.4 Å². The molecule has 0 aromatic carbocycles. The molecule has 24 heavy (non-hydrogen) atoms. The molecule has 1 fully saturated rings. The molecule has 9 heteroatoms. The third kappa shape index (κ3) is 3.06. The highest BCUT2D eigenvalue weighted by molar-refractivity contribution is 8.00. The van der Waals surface area contributed by atoms with Crippen molar-refractivity contribution in [2.45, 2.75) is 36.1 Å². The lowest BCUT2D eigenvalue weighted by Gasteiger charge is -2.48. The fourth-order valence-corrected chi connectivity index (χ4v) is 4.80. The highest BCUT2D eigenvalue weighted by atomic mass is 32.2. The minimum absolute atomic E-state index is 0.105. The number of carboxylic acid groups (broad SMARTS) is 1. The number of nitrogens with two attached hydrogens (primary N) is 1. The quantitative estimate of drug-likeness (QED) is 0.667. The summed E-state index contributed by atoms with van der Waals surface area (Å²) in [5, 5.41) is 13.2. The van der Waals surface area contributed by atoms with Crippen molar-refractivity contribution in [2.24, 2.45) is 5.73 Å². The van der Waals surface area contributed by atoms with E-state index in [1.807, 2.05) is 17.5 Å². The number of rotatable bonds is 5. The van der Waals surface area contributed by atoms with Crippen molar-refractivity contribution < 1.29 is 19.5 Å². The maximum absolute atomic E-state index is 12.2. The second-order valence-electron chi connectivity index (χ2n) is 5.68. The lowest BCUT2D eigenvalue weighted by Crippen LogP contribution is -2.69. The number of aliphatic carboxylic acids is 1. The summed E-state index contributed by atoms with van der Waals surface area (Å²) in [6.45, 7) is 1.77. The third-order valence-corrected chi connectivity index (χ3v) is 6.46. The summed E-state index contributed by atoms with van der Waals surface area (Å²) in [6, 6.07) is 2.72. The van der Waals surface area contributed by atoms with E-state index in [1.54, 1.807) is 6.92 Å². The second kappa shape index (κ2) is 6.58. The van der Waals surface area contributed by atoms with Gasteiger partial charge in [0.05, 0.1) is 5.57 Å². The molecule has 2 aliphatic rings. The number of thioether (sulfide) groups is 1. The van der Waals surface area contributed by atoms with Crippen LogP contribution in [-0.4, -0.2) is 44.5 Å². The van der Waals surface area contributed by atoms with Gasteiger partial charge in [0.2, 0.25) is 5.91 Å². The molecule has 0 spiro atoms. The van der Waals surface area contributed by atoms with Crippen molar-refractivity contribution in [2.75, 3.05) is 0 Å². The number of hydrogen-bond donors (Lipinski definition) is 3. The number of hydrogen-bond acceptors (Lipinski definition) is 6. The number of carbonyl (C=O) groups is 3. The fourth-order valence-electron chi connectivity index (χ4n) is 2.70. The number of nitrogens with zero attached hydrogens (tertiary/aromatic N) is 1. The highest BCUT2D eigenvalue weighted by Gasteiger charge is 2.51. The van der Waals surface area contributed by atoms with Crippen LogP contribution >= 0.6 is 23.1 Å². The van der Waals surface area contributed by atoms with Crippen LogP contribution in [0.2, 0.25) is 0 Å². The number of amides is 2. The van der Waals surface area contributed by atoms with Crippen LogP contribution in [0.1, 0.15) is 24.3 Å². The van der Waals surface area contributed by atoms with Crippen molar-refractivity contribution in [1.29, 1.82) is 0 Å². The summed E-state index contributed by atoms with van der Waals surface area (Å²) in [5.74, 6) is -1.61. The van der Waals surface area contributed by atoms with Gasteiger partial charge in [0.1, 0.15) is 11.4 Å². The van der Waals surface area contributed by atoms with Crippen molar-refractivity contribution in [3.8, 4) is 0 Å². The lowest BCUT2D eigenvalue weighted by atomic mass is 10.0. The topological polar surface area (TPSA) is 113 Å². The first-order valence-corrected chi connectivity index (χ1v) is 9.21. The van der Waals surface area contributed by atoms with Crippen LogP contribution in [0.4, 0.5) is 0 Å². The van der Waals surface area contributed by atoms with E-state index in [4.69, 9.17) is 10.8 Å². The molecule has 1 saturated heterocycles. The minimum Gasteiger partial charge on any atom is -0.478 e. The van der Waals surface area contributed by atoms with E-state index in [1.165, 1.54) is 34.2 Å². The zero-order chi connectivity index (χ0) is 17.4. The van der Waals surface area contributed by atoms with Gasteiger partial charge in [-0.2, -0.15) is 0 Å². The van der Waals surface area contributed by atoms with Gasteiger partial charge in [-0.15, -0.1) is 23.1 Å². The standard InChI is InChI=1S/C15H17N3O4S2/c1-7-8(15(21)22)6-18-13(20)12(14(18)24-7)17-11(19)5-9(16)10-3-2-4-23-10/h2-4,6-7,9,12,14H,5,16H2,1H3,(H,17,19)(H,21,22)/t7?,9?,12?,14-/m1/s1. The summed E-state index contributed by atoms with van der Waals surface area (Å²) < 4.78 is 0. The van der Waals surface area contributed by atoms with Crippen LogP contribution in [0, 0.1) is 0 Å². The van der Waals surface area contributed by atoms with E-state index in [9.17, 15) is 14.4 Å². The van der Waals surface area contributed by atoms with Crippen molar-refractivity contribution in [3.63, 3.8) is 0 Å². The fraction of sp³-hybridized carbons (Fsp3) is 0.400. The molecule has 0 saturated carbocycles. The molecule has 4 N–H and O–H groups in total. The van der Waals surface area contributed by atoms with E-state index in [-0.39, 0.29) is 34.4 Å². The van der Waals surface area contributed by atoms with Crippen molar-refractivity contribution >= 4 is 40.9 Å². The molecule has 7 nitrogen and oxygen atoms in total. The van der Waals surface area contributed by atoms with Crippen LogP contribution in [0.25, 0.3) is 0 Å². The number of thiophene rings is 1. The molecule has 0 bridgehead atoms. The Hall–Kier alpha value is -1.84. The Morgan fingerprint density at radius 1 is 1.50 bits per heavy atom. The van der Waals surface area contributed by atoms with Crippen LogP contribution in [0.5, 0.6) is 0 Å². The number of carbonyl (C=O) groups excluding carboxylic acids is 2. The highest BCUT2D eigenvalue weighted by Crippen LogP contribution is 2.40. The first-order valence-electron chi connectivity index (χ1n) is 7.39. The largest absolute Gasteiger partial charge is 0.478 e. The average molecular weight is 367 g/mol. The third-order valence-electron chi connectivity index (χ3n) is 4.02. The molecule has 1 aromatic rings. The van der Waals surface area contributed by atoms with Crippen LogP contribution in [-0.2, 0) is 14.4 Å². The van der Waals surface area contributed by atoms with Gasteiger partial charge in [0.25, 0.3) is 5.91 Å². The van der Waals surface area contributed by atoms with Crippen molar-refractivity contribution in [3.05, 3.63) is 34.2 Å². The predicted molar refractivity (Wildman–Crippen MR) is 91.2 cm³/mol. The summed E-state index contributed by atoms with van der Waals surface area (Å²) in [5.41, 5.74) is 6.18. The molecule has 3 heterocycles. The Balaban J connectivity index is 1.61. The van der Waals surface area contributed by atoms with Gasteiger partial charge in [-0.1, -0.05) is 6.07 Å². The van der Waals surface area contributed by atoms with Gasteiger partial charge < -0.3 is 21.1 Å². The van der Waals surface area contributed by atoms with Gasteiger partial charge in [0, 0.05) is 28.8 Å². The SMILES string of the molecule is CC1S[C@@H]2C(NC(=O)CC(N)c3cccs3)C(=O)N2C=C1C(=O)O. The van der Waals surface area contributed by atoms with E-state index in [2.05, 4.69) is 5.32 Å². The normalized spacial score (nSPS) is 26.9. The first-order chi connectivity index (χ1) is 11.4. The van der Waals surface area contributed by atoms with Crippen LogP contribution < -0.4 is 11.1 Å². The lowest BCUT2D eigenvalue weighted by molar-refractivity contribution is -0.145. The predicted octanol–water partition coefficient (Wildman–Crippen LogP) is 0.895. The van der Waals surface area contributed by atoms with Crippen LogP contribution in [0.3, 0.4) is 0 Å². The molecule has 2 aliphatic heterocycles. The summed E-state index contributed by atoms with van der Waals surface area (Å²) in [7, 11) is 0. The van der Waals surface area contributed by atoms with Gasteiger partial charge in [0.15, 0.2) is 0 Å². The number of carboxylic acids is 1. The Morgan fingerprint density at radius 3 is 2.88 bits per heavy atom. The zero-order valence-electron chi connectivity index (χ0n) is 12.8. The number of β-lactam (4-membered cyclic amide) rings is 1. The first kappa shape index (κ1) is 17.0. The maximum atomic E-state index is 12.2. The van der Waals surface area contributed by atoms with Gasteiger partial charge in [-0.3, -0.25) is 9.59 Å². The van der Waals surface area contributed by atoms with E-state index >= 15 is 0 Å². The number of fused-ring (bicyclic) bond motifs is 1. The van der Waals surface area contributed by atoms with Gasteiger partial charge in [-0.25, -0.2) is 4.79 Å². The molecule has 0 radical (unpaired) electrons. The molecule has 3 unspecified atom stereocenters. The molecule has 4 atom stereocenters. The zero-order valence-corrected chi connectivity index (χ0v) is 14.5. The molecule has 3 rings (SSSR count). The second-order valence-corrected chi connectivity index (χ2v) is 8.12. The molecular weight excluding hydrogens is 350 g/mol. The van der Waals surface area contributed by atoms with E-state index in [0.29, 0.717) is 0 Å². The summed E-state index contributed by atoms with van der Waals surface area (Å²) in [6.07, 6.45) is 1.48. The molecule has 0 aliphatic carbocycles. The molecular formula is C15H17N3O4S2. The summed E-state index contributed by atoms with van der Waals surface area (Å²) >= 11 is 2.84. The minimum atomic E-state index is -1.03. The Labute approximate surface area is 146 Å². The Kier molecular flexibility index (Phi) is 4.66. The average Bonchev–Trinajstić information content (AvgIpc) is 3.06. The van der Waals surface area contributed by atoms with E-state index in [0.717, 1.165) is 4.88 Å². The Morgan fingerprint density at radius 2 is 2.25 bits per heavy atom. The maximum Gasteiger partial charge on any atom is 0.334 e.